The minimum absolute atomic E-state index is 0.0689. The first-order valence-electron chi connectivity index (χ1n) is 8.29. The summed E-state index contributed by atoms with van der Waals surface area (Å²) in [6.45, 7) is 0.673. The lowest BCUT2D eigenvalue weighted by molar-refractivity contribution is 0.0971. The van der Waals surface area contributed by atoms with Crippen molar-refractivity contribution in [3.63, 3.8) is 0 Å². The monoisotopic (exact) mass is 301 g/mol. The summed E-state index contributed by atoms with van der Waals surface area (Å²) in [5.41, 5.74) is 0. The van der Waals surface area contributed by atoms with Gasteiger partial charge in [0.2, 0.25) is 10.0 Å². The molecule has 3 aliphatic rings. The van der Waals surface area contributed by atoms with Crippen molar-refractivity contribution in [1.82, 2.24) is 4.31 Å². The molecule has 2 aliphatic carbocycles. The number of rotatable bonds is 3. The maximum atomic E-state index is 12.9. The molecule has 0 amide bonds. The van der Waals surface area contributed by atoms with Gasteiger partial charge in [-0.15, -0.1) is 0 Å². The lowest BCUT2D eigenvalue weighted by Crippen LogP contribution is -2.46. The number of sulfonamides is 1. The molecule has 20 heavy (non-hydrogen) atoms. The molecule has 0 radical (unpaired) electrons. The topological polar surface area (TPSA) is 57.6 Å². The number of hydrogen-bond acceptors (Lipinski definition) is 3. The molecular formula is C15H27NO3S. The summed E-state index contributed by atoms with van der Waals surface area (Å²) >= 11 is 0. The van der Waals surface area contributed by atoms with Crippen molar-refractivity contribution >= 4 is 10.0 Å². The summed E-state index contributed by atoms with van der Waals surface area (Å²) in [6.07, 6.45) is 9.42. The highest BCUT2D eigenvalue weighted by Crippen LogP contribution is 2.39. The van der Waals surface area contributed by atoms with E-state index in [4.69, 9.17) is 0 Å². The highest BCUT2D eigenvalue weighted by molar-refractivity contribution is 7.89. The first kappa shape index (κ1) is 14.8. The van der Waals surface area contributed by atoms with Crippen molar-refractivity contribution in [3.05, 3.63) is 0 Å². The molecule has 0 aromatic rings. The molecule has 3 unspecified atom stereocenters. The van der Waals surface area contributed by atoms with E-state index in [-0.39, 0.29) is 23.3 Å². The minimum Gasteiger partial charge on any atom is -0.393 e. The average molecular weight is 301 g/mol. The van der Waals surface area contributed by atoms with Crippen LogP contribution >= 0.6 is 0 Å². The molecule has 0 aromatic heterocycles. The SMILES string of the molecule is O=S(=O)(C1CCCCC1)N1CCCC1C1CCCC1O. The van der Waals surface area contributed by atoms with E-state index in [9.17, 15) is 13.5 Å². The van der Waals surface area contributed by atoms with E-state index in [1.807, 2.05) is 0 Å². The fourth-order valence-corrected chi connectivity index (χ4v) is 6.82. The zero-order valence-electron chi connectivity index (χ0n) is 12.2. The largest absolute Gasteiger partial charge is 0.393 e. The molecule has 116 valence electrons. The van der Waals surface area contributed by atoms with Crippen LogP contribution in [0.1, 0.15) is 64.2 Å². The van der Waals surface area contributed by atoms with Crippen LogP contribution in [0, 0.1) is 5.92 Å². The van der Waals surface area contributed by atoms with Gasteiger partial charge >= 0.3 is 0 Å². The third-order valence-corrected chi connectivity index (χ3v) is 8.00. The van der Waals surface area contributed by atoms with Crippen LogP contribution in [0.15, 0.2) is 0 Å². The zero-order chi connectivity index (χ0) is 14.2. The molecule has 3 fully saturated rings. The molecule has 3 rings (SSSR count). The lowest BCUT2D eigenvalue weighted by atomic mass is 9.95. The molecule has 1 aliphatic heterocycles. The smallest absolute Gasteiger partial charge is 0.217 e. The Hall–Kier alpha value is -0.130. The normalized spacial score (nSPS) is 37.5. The van der Waals surface area contributed by atoms with Crippen LogP contribution in [0.2, 0.25) is 0 Å². The molecule has 1 N–H and O–H groups in total. The van der Waals surface area contributed by atoms with E-state index in [1.165, 1.54) is 6.42 Å². The Bertz CT molecular complexity index is 430. The van der Waals surface area contributed by atoms with Gasteiger partial charge in [0.05, 0.1) is 11.4 Å². The van der Waals surface area contributed by atoms with Crippen LogP contribution in [0.25, 0.3) is 0 Å². The van der Waals surface area contributed by atoms with Gasteiger partial charge in [-0.25, -0.2) is 8.42 Å². The lowest BCUT2D eigenvalue weighted by Gasteiger charge is -2.34. The third kappa shape index (κ3) is 2.64. The average Bonchev–Trinajstić information content (AvgIpc) is 3.08. The predicted molar refractivity (Wildman–Crippen MR) is 78.9 cm³/mol. The summed E-state index contributed by atoms with van der Waals surface area (Å²) in [6, 6.07) is 0.0689. The maximum Gasteiger partial charge on any atom is 0.217 e. The Morgan fingerprint density at radius 2 is 1.60 bits per heavy atom. The Balaban J connectivity index is 1.77. The molecule has 1 saturated heterocycles. The number of nitrogens with zero attached hydrogens (tertiary/aromatic N) is 1. The first-order chi connectivity index (χ1) is 9.60. The van der Waals surface area contributed by atoms with Crippen LogP contribution in [0.3, 0.4) is 0 Å². The first-order valence-corrected chi connectivity index (χ1v) is 9.80. The van der Waals surface area contributed by atoms with Gasteiger partial charge in [0, 0.05) is 18.5 Å². The zero-order valence-corrected chi connectivity index (χ0v) is 13.0. The standard InChI is InChI=1S/C15H27NO3S/c17-15-10-4-8-13(15)14-9-5-11-16(14)20(18,19)12-6-2-1-3-7-12/h12-15,17H,1-11H2. The van der Waals surface area contributed by atoms with E-state index < -0.39 is 10.0 Å². The molecule has 0 bridgehead atoms. The Labute approximate surface area is 122 Å². The van der Waals surface area contributed by atoms with Gasteiger partial charge in [0.15, 0.2) is 0 Å². The Morgan fingerprint density at radius 1 is 0.850 bits per heavy atom. The maximum absolute atomic E-state index is 12.9. The van der Waals surface area contributed by atoms with Gasteiger partial charge < -0.3 is 5.11 Å². The highest BCUT2D eigenvalue weighted by atomic mass is 32.2. The summed E-state index contributed by atoms with van der Waals surface area (Å²) in [4.78, 5) is 0. The summed E-state index contributed by atoms with van der Waals surface area (Å²) < 4.78 is 27.6. The molecule has 4 nitrogen and oxygen atoms in total. The molecule has 3 atom stereocenters. The second kappa shape index (κ2) is 5.93. The van der Waals surface area contributed by atoms with Gasteiger partial charge in [-0.05, 0) is 38.5 Å². The van der Waals surface area contributed by atoms with Gasteiger partial charge in [-0.3, -0.25) is 0 Å². The van der Waals surface area contributed by atoms with E-state index >= 15 is 0 Å². The van der Waals surface area contributed by atoms with Gasteiger partial charge in [0.25, 0.3) is 0 Å². The van der Waals surface area contributed by atoms with E-state index in [1.54, 1.807) is 4.31 Å². The third-order valence-electron chi connectivity index (χ3n) is 5.57. The van der Waals surface area contributed by atoms with E-state index in [0.29, 0.717) is 6.54 Å². The summed E-state index contributed by atoms with van der Waals surface area (Å²) in [5, 5.41) is 9.96. The number of hydrogen-bond donors (Lipinski definition) is 1. The van der Waals surface area contributed by atoms with Crippen molar-refractivity contribution in [2.75, 3.05) is 6.54 Å². The van der Waals surface area contributed by atoms with Crippen LogP contribution in [-0.2, 0) is 10.0 Å². The van der Waals surface area contributed by atoms with Crippen LogP contribution in [-0.4, -0.2) is 41.8 Å². The second-order valence-electron chi connectivity index (χ2n) is 6.79. The minimum atomic E-state index is -3.15. The van der Waals surface area contributed by atoms with E-state index in [2.05, 4.69) is 0 Å². The van der Waals surface area contributed by atoms with Crippen LogP contribution in [0.4, 0.5) is 0 Å². The van der Waals surface area contributed by atoms with Crippen LogP contribution in [0.5, 0.6) is 0 Å². The van der Waals surface area contributed by atoms with Crippen molar-refractivity contribution in [1.29, 1.82) is 0 Å². The van der Waals surface area contributed by atoms with Crippen molar-refractivity contribution in [2.24, 2.45) is 5.92 Å². The van der Waals surface area contributed by atoms with Crippen molar-refractivity contribution in [3.8, 4) is 0 Å². The van der Waals surface area contributed by atoms with Gasteiger partial charge in [-0.1, -0.05) is 25.7 Å². The predicted octanol–water partition coefficient (Wildman–Crippen LogP) is 2.27. The van der Waals surface area contributed by atoms with Crippen molar-refractivity contribution < 1.29 is 13.5 Å². The van der Waals surface area contributed by atoms with Crippen LogP contribution < -0.4 is 0 Å². The van der Waals surface area contributed by atoms with E-state index in [0.717, 1.165) is 57.8 Å². The fourth-order valence-electron chi connectivity index (χ4n) is 4.48. The number of aliphatic hydroxyl groups excluding tert-OH is 1. The molecule has 5 heteroatoms. The molecule has 0 aromatic carbocycles. The Kier molecular flexibility index (Phi) is 4.39. The van der Waals surface area contributed by atoms with Crippen molar-refractivity contribution in [2.45, 2.75) is 81.6 Å². The number of aliphatic hydroxyl groups is 1. The molecule has 0 spiro atoms. The summed E-state index contributed by atoms with van der Waals surface area (Å²) in [7, 11) is -3.15. The Morgan fingerprint density at radius 3 is 2.25 bits per heavy atom. The summed E-state index contributed by atoms with van der Waals surface area (Å²) in [5.74, 6) is 0.177. The van der Waals surface area contributed by atoms with Gasteiger partial charge in [-0.2, -0.15) is 4.31 Å². The highest BCUT2D eigenvalue weighted by Gasteiger charge is 2.45. The quantitative estimate of drug-likeness (QED) is 0.870. The second-order valence-corrected chi connectivity index (χ2v) is 8.95. The fraction of sp³-hybridized carbons (Fsp3) is 1.00. The molecule has 1 heterocycles. The molecular weight excluding hydrogens is 274 g/mol. The molecule has 2 saturated carbocycles. The van der Waals surface area contributed by atoms with Gasteiger partial charge in [0.1, 0.15) is 0 Å².